The van der Waals surface area contributed by atoms with Crippen molar-refractivity contribution in [3.05, 3.63) is 46.8 Å². The van der Waals surface area contributed by atoms with Crippen LogP contribution in [0.5, 0.6) is 0 Å². The highest BCUT2D eigenvalue weighted by atomic mass is 35.5. The SMILES string of the molecule is C[C@]12CC[C@H](O)CC1=CC[C@@H]1[C@@H]2CC[C@]2(C)C(c3cncc(Cl)c3)=CC[C@@H]12. The summed E-state index contributed by atoms with van der Waals surface area (Å²) in [7, 11) is 0. The van der Waals surface area contributed by atoms with Gasteiger partial charge < -0.3 is 5.11 Å². The van der Waals surface area contributed by atoms with Gasteiger partial charge in [0.15, 0.2) is 0 Å². The van der Waals surface area contributed by atoms with Crippen molar-refractivity contribution in [2.75, 3.05) is 0 Å². The lowest BCUT2D eigenvalue weighted by atomic mass is 9.47. The molecule has 0 aromatic carbocycles. The normalized spacial score (nSPS) is 43.3. The second-order valence-corrected chi connectivity index (χ2v) is 10.3. The molecule has 3 heteroatoms. The first-order valence-corrected chi connectivity index (χ1v) is 11.0. The molecule has 27 heavy (non-hydrogen) atoms. The molecule has 0 bridgehead atoms. The second-order valence-electron chi connectivity index (χ2n) is 9.86. The molecule has 1 N–H and O–H groups in total. The number of pyridine rings is 1. The molecule has 0 spiro atoms. The molecule has 0 amide bonds. The van der Waals surface area contributed by atoms with Crippen LogP contribution in [0.2, 0.25) is 5.02 Å². The van der Waals surface area contributed by atoms with Crippen molar-refractivity contribution >= 4 is 17.2 Å². The number of hydrogen-bond acceptors (Lipinski definition) is 2. The molecule has 1 heterocycles. The Balaban J connectivity index is 1.48. The fraction of sp³-hybridized carbons (Fsp3) is 0.625. The van der Waals surface area contributed by atoms with E-state index in [-0.39, 0.29) is 11.5 Å². The van der Waals surface area contributed by atoms with Gasteiger partial charge in [-0.25, -0.2) is 0 Å². The number of halogens is 1. The van der Waals surface area contributed by atoms with Crippen molar-refractivity contribution < 1.29 is 5.11 Å². The van der Waals surface area contributed by atoms with Gasteiger partial charge in [-0.3, -0.25) is 4.98 Å². The van der Waals surface area contributed by atoms with Gasteiger partial charge in [-0.05, 0) is 90.7 Å². The number of nitrogens with zero attached hydrogens (tertiary/aromatic N) is 1. The van der Waals surface area contributed by atoms with Crippen LogP contribution in [-0.4, -0.2) is 16.2 Å². The Morgan fingerprint density at radius 3 is 2.67 bits per heavy atom. The van der Waals surface area contributed by atoms with Crippen molar-refractivity contribution in [3.8, 4) is 0 Å². The molecule has 2 fully saturated rings. The monoisotopic (exact) mass is 383 g/mol. The number of aromatic nitrogens is 1. The molecule has 0 unspecified atom stereocenters. The molecular weight excluding hydrogens is 354 g/mol. The van der Waals surface area contributed by atoms with Crippen LogP contribution in [0.3, 0.4) is 0 Å². The van der Waals surface area contributed by atoms with Crippen LogP contribution in [0.1, 0.15) is 64.4 Å². The Morgan fingerprint density at radius 1 is 1.04 bits per heavy atom. The first-order chi connectivity index (χ1) is 12.9. The molecule has 1 aromatic rings. The zero-order valence-electron chi connectivity index (χ0n) is 16.4. The molecule has 0 saturated heterocycles. The summed E-state index contributed by atoms with van der Waals surface area (Å²) < 4.78 is 0. The van der Waals surface area contributed by atoms with E-state index in [4.69, 9.17) is 11.6 Å². The second kappa shape index (κ2) is 6.19. The van der Waals surface area contributed by atoms with E-state index in [1.54, 1.807) is 11.8 Å². The number of fused-ring (bicyclic) bond motifs is 5. The topological polar surface area (TPSA) is 33.1 Å². The number of allylic oxidation sites excluding steroid dienone is 3. The number of aliphatic hydroxyl groups is 1. The minimum atomic E-state index is -0.121. The third-order valence-corrected chi connectivity index (χ3v) is 8.88. The van der Waals surface area contributed by atoms with Crippen LogP contribution in [-0.2, 0) is 0 Å². The lowest BCUT2D eigenvalue weighted by molar-refractivity contribution is -0.0238. The van der Waals surface area contributed by atoms with Crippen molar-refractivity contribution in [2.45, 2.75) is 64.9 Å². The summed E-state index contributed by atoms with van der Waals surface area (Å²) in [5.74, 6) is 2.24. The first kappa shape index (κ1) is 17.9. The van der Waals surface area contributed by atoms with Crippen LogP contribution in [0.25, 0.3) is 5.57 Å². The predicted octanol–water partition coefficient (Wildman–Crippen LogP) is 6.05. The zero-order chi connectivity index (χ0) is 18.8. The molecule has 0 radical (unpaired) electrons. The van der Waals surface area contributed by atoms with Crippen LogP contribution >= 0.6 is 11.6 Å². The van der Waals surface area contributed by atoms with Gasteiger partial charge in [0.25, 0.3) is 0 Å². The Kier molecular flexibility index (Phi) is 4.11. The molecule has 144 valence electrons. The molecule has 0 aliphatic heterocycles. The van der Waals surface area contributed by atoms with E-state index < -0.39 is 0 Å². The van der Waals surface area contributed by atoms with Crippen LogP contribution in [0, 0.1) is 28.6 Å². The highest BCUT2D eigenvalue weighted by molar-refractivity contribution is 6.30. The van der Waals surface area contributed by atoms with Crippen LogP contribution in [0.15, 0.2) is 36.2 Å². The Bertz CT molecular complexity index is 829. The van der Waals surface area contributed by atoms with Crippen molar-refractivity contribution in [3.63, 3.8) is 0 Å². The molecule has 5 rings (SSSR count). The van der Waals surface area contributed by atoms with Gasteiger partial charge in [-0.1, -0.05) is 43.2 Å². The quantitative estimate of drug-likeness (QED) is 0.598. The molecule has 2 nitrogen and oxygen atoms in total. The zero-order valence-corrected chi connectivity index (χ0v) is 17.2. The first-order valence-electron chi connectivity index (χ1n) is 10.6. The minimum absolute atomic E-state index is 0.121. The van der Waals surface area contributed by atoms with Gasteiger partial charge in [0.2, 0.25) is 0 Å². The summed E-state index contributed by atoms with van der Waals surface area (Å²) in [5.41, 5.74) is 4.79. The fourth-order valence-corrected chi connectivity index (χ4v) is 7.39. The third-order valence-electron chi connectivity index (χ3n) is 8.67. The van der Waals surface area contributed by atoms with Crippen molar-refractivity contribution in [1.82, 2.24) is 4.98 Å². The standard InChI is InChI=1S/C24H30ClNO/c1-23-9-7-18(27)12-16(23)3-4-19-21-6-5-20(15-11-17(25)14-26-13-15)24(21,2)10-8-22(19)23/h3,5,11,13-14,18-19,21-22,27H,4,6-10,12H2,1-2H3/t18-,19-,21-,22-,23-,24+/m0/s1. The highest BCUT2D eigenvalue weighted by Gasteiger charge is 2.56. The highest BCUT2D eigenvalue weighted by Crippen LogP contribution is 2.66. The van der Waals surface area contributed by atoms with Crippen molar-refractivity contribution in [2.24, 2.45) is 28.6 Å². The van der Waals surface area contributed by atoms with Gasteiger partial charge in [0.05, 0.1) is 11.1 Å². The Morgan fingerprint density at radius 2 is 1.85 bits per heavy atom. The molecular formula is C24H30ClNO. The Labute approximate surface area is 167 Å². The fourth-order valence-electron chi connectivity index (χ4n) is 7.22. The van der Waals surface area contributed by atoms with E-state index >= 15 is 0 Å². The van der Waals surface area contributed by atoms with Crippen LogP contribution < -0.4 is 0 Å². The maximum atomic E-state index is 10.2. The Hall–Kier alpha value is -1.12. The van der Waals surface area contributed by atoms with Gasteiger partial charge in [0, 0.05) is 12.4 Å². The number of rotatable bonds is 1. The lowest BCUT2D eigenvalue weighted by Crippen LogP contribution is -2.49. The van der Waals surface area contributed by atoms with E-state index in [1.807, 2.05) is 6.20 Å². The minimum Gasteiger partial charge on any atom is -0.393 e. The predicted molar refractivity (Wildman–Crippen MR) is 110 cm³/mol. The molecule has 4 aliphatic carbocycles. The van der Waals surface area contributed by atoms with Gasteiger partial charge in [-0.15, -0.1) is 0 Å². The summed E-state index contributed by atoms with van der Waals surface area (Å²) in [4.78, 5) is 4.35. The molecule has 6 atom stereocenters. The van der Waals surface area contributed by atoms with E-state index in [0.717, 1.165) is 36.1 Å². The van der Waals surface area contributed by atoms with E-state index in [9.17, 15) is 5.11 Å². The summed E-state index contributed by atoms with van der Waals surface area (Å²) >= 11 is 6.24. The number of aliphatic hydroxyl groups excluding tert-OH is 1. The summed E-state index contributed by atoms with van der Waals surface area (Å²) in [6, 6.07) is 2.09. The van der Waals surface area contributed by atoms with Gasteiger partial charge in [0.1, 0.15) is 0 Å². The molecule has 2 saturated carbocycles. The average molecular weight is 384 g/mol. The summed E-state index contributed by atoms with van der Waals surface area (Å²) in [5, 5.41) is 10.9. The van der Waals surface area contributed by atoms with Gasteiger partial charge >= 0.3 is 0 Å². The van der Waals surface area contributed by atoms with E-state index in [2.05, 4.69) is 37.0 Å². The van der Waals surface area contributed by atoms with Gasteiger partial charge in [-0.2, -0.15) is 0 Å². The smallest absolute Gasteiger partial charge is 0.0595 e. The maximum absolute atomic E-state index is 10.2. The maximum Gasteiger partial charge on any atom is 0.0595 e. The third kappa shape index (κ3) is 2.59. The summed E-state index contributed by atoms with van der Waals surface area (Å²) in [6.45, 7) is 4.98. The number of hydrogen-bond donors (Lipinski definition) is 1. The lowest BCUT2D eigenvalue weighted by Gasteiger charge is -2.57. The van der Waals surface area contributed by atoms with E-state index in [0.29, 0.717) is 11.3 Å². The van der Waals surface area contributed by atoms with Crippen LogP contribution in [0.4, 0.5) is 0 Å². The van der Waals surface area contributed by atoms with E-state index in [1.165, 1.54) is 36.8 Å². The van der Waals surface area contributed by atoms with Crippen molar-refractivity contribution in [1.29, 1.82) is 0 Å². The largest absolute Gasteiger partial charge is 0.393 e. The summed E-state index contributed by atoms with van der Waals surface area (Å²) in [6.07, 6.45) is 16.5. The average Bonchev–Trinajstić information content (AvgIpc) is 2.99. The molecule has 1 aromatic heterocycles. The molecule has 4 aliphatic rings.